The van der Waals surface area contributed by atoms with E-state index in [1.54, 1.807) is 0 Å². The van der Waals surface area contributed by atoms with Crippen LogP contribution >= 0.6 is 0 Å². The Hall–Kier alpha value is -7.69. The second-order valence-electron chi connectivity index (χ2n) is 14.7. The number of nitrogens with zero attached hydrogens (tertiary/aromatic N) is 2. The third kappa shape index (κ3) is 4.98. The van der Waals surface area contributed by atoms with E-state index >= 15 is 0 Å². The molecule has 12 aromatic rings. The molecule has 0 fully saturated rings. The number of aromatic nitrogens is 1. The molecule has 0 unspecified atom stereocenters. The zero-order valence-corrected chi connectivity index (χ0v) is 30.7. The number of rotatable bonds is 5. The molecular formula is C53H32N2O2. The van der Waals surface area contributed by atoms with Crippen molar-refractivity contribution in [1.29, 1.82) is 0 Å². The van der Waals surface area contributed by atoms with E-state index in [1.807, 2.05) is 24.3 Å². The molecule has 0 spiro atoms. The number of anilines is 3. The number of para-hydroxylation sites is 2. The van der Waals surface area contributed by atoms with E-state index in [0.29, 0.717) is 5.89 Å². The minimum atomic E-state index is 0.549. The highest BCUT2D eigenvalue weighted by molar-refractivity contribution is 6.26. The molecule has 0 saturated carbocycles. The summed E-state index contributed by atoms with van der Waals surface area (Å²) in [6.45, 7) is 0. The zero-order valence-electron chi connectivity index (χ0n) is 30.7. The monoisotopic (exact) mass is 728 g/mol. The summed E-state index contributed by atoms with van der Waals surface area (Å²) in [6.07, 6.45) is 0. The number of hydrogen-bond acceptors (Lipinski definition) is 4. The zero-order chi connectivity index (χ0) is 37.5. The van der Waals surface area contributed by atoms with Crippen LogP contribution in [0.3, 0.4) is 0 Å². The maximum Gasteiger partial charge on any atom is 0.231 e. The molecule has 57 heavy (non-hydrogen) atoms. The van der Waals surface area contributed by atoms with Crippen LogP contribution in [-0.2, 0) is 0 Å². The highest BCUT2D eigenvalue weighted by Crippen LogP contribution is 2.45. The fraction of sp³-hybridized carbons (Fsp3) is 0. The van der Waals surface area contributed by atoms with Gasteiger partial charge in [-0.2, -0.15) is 0 Å². The fourth-order valence-electron chi connectivity index (χ4n) is 8.81. The van der Waals surface area contributed by atoms with Gasteiger partial charge in [-0.05, 0) is 115 Å². The van der Waals surface area contributed by atoms with E-state index in [9.17, 15) is 0 Å². The highest BCUT2D eigenvalue weighted by Gasteiger charge is 2.22. The van der Waals surface area contributed by atoms with Crippen molar-refractivity contribution in [3.05, 3.63) is 194 Å². The highest BCUT2D eigenvalue weighted by atomic mass is 16.4. The lowest BCUT2D eigenvalue weighted by Gasteiger charge is -2.26. The van der Waals surface area contributed by atoms with Crippen LogP contribution in [0, 0.1) is 0 Å². The number of fused-ring (bicyclic) bond motifs is 11. The van der Waals surface area contributed by atoms with Crippen molar-refractivity contribution in [2.24, 2.45) is 0 Å². The minimum Gasteiger partial charge on any atom is -0.455 e. The minimum absolute atomic E-state index is 0.549. The Kier molecular flexibility index (Phi) is 6.89. The molecule has 0 N–H and O–H groups in total. The van der Waals surface area contributed by atoms with Gasteiger partial charge in [0.2, 0.25) is 5.89 Å². The predicted octanol–water partition coefficient (Wildman–Crippen LogP) is 15.1. The van der Waals surface area contributed by atoms with Gasteiger partial charge in [0.05, 0.1) is 5.56 Å². The molecule has 10 aromatic carbocycles. The Morgan fingerprint density at radius 1 is 0.351 bits per heavy atom. The van der Waals surface area contributed by atoms with Crippen molar-refractivity contribution in [2.75, 3.05) is 4.90 Å². The second kappa shape index (κ2) is 12.4. The molecule has 0 saturated heterocycles. The van der Waals surface area contributed by atoms with E-state index in [1.165, 1.54) is 43.4 Å². The molecule has 0 amide bonds. The van der Waals surface area contributed by atoms with E-state index in [-0.39, 0.29) is 0 Å². The van der Waals surface area contributed by atoms with Crippen LogP contribution in [0.1, 0.15) is 0 Å². The van der Waals surface area contributed by atoms with E-state index < -0.39 is 0 Å². The molecule has 2 heterocycles. The molecule has 266 valence electrons. The Labute approximate surface area is 327 Å². The van der Waals surface area contributed by atoms with Crippen molar-refractivity contribution in [3.63, 3.8) is 0 Å². The number of oxazole rings is 1. The Bertz CT molecular complexity index is 3460. The van der Waals surface area contributed by atoms with Crippen LogP contribution in [0.15, 0.2) is 203 Å². The summed E-state index contributed by atoms with van der Waals surface area (Å²) >= 11 is 0. The summed E-state index contributed by atoms with van der Waals surface area (Å²) in [4.78, 5) is 7.30. The summed E-state index contributed by atoms with van der Waals surface area (Å²) in [5.41, 5.74) is 9.50. The van der Waals surface area contributed by atoms with Gasteiger partial charge in [0, 0.05) is 27.8 Å². The summed E-state index contributed by atoms with van der Waals surface area (Å²) < 4.78 is 13.2. The first kappa shape index (κ1) is 31.6. The number of hydrogen-bond donors (Lipinski definition) is 0. The van der Waals surface area contributed by atoms with Gasteiger partial charge >= 0.3 is 0 Å². The molecule has 2 aromatic heterocycles. The smallest absolute Gasteiger partial charge is 0.231 e. The van der Waals surface area contributed by atoms with Crippen molar-refractivity contribution >= 4 is 93.2 Å². The van der Waals surface area contributed by atoms with Crippen LogP contribution in [0.4, 0.5) is 17.1 Å². The molecule has 0 atom stereocenters. The van der Waals surface area contributed by atoms with Crippen LogP contribution in [0.5, 0.6) is 0 Å². The molecule has 12 rings (SSSR count). The molecule has 0 aliphatic heterocycles. The van der Waals surface area contributed by atoms with E-state index in [0.717, 1.165) is 66.4 Å². The maximum absolute atomic E-state index is 6.78. The van der Waals surface area contributed by atoms with E-state index in [4.69, 9.17) is 13.8 Å². The van der Waals surface area contributed by atoms with Gasteiger partial charge in [-0.15, -0.1) is 0 Å². The summed E-state index contributed by atoms with van der Waals surface area (Å²) in [6, 6.07) is 68.8. The number of benzene rings is 10. The average Bonchev–Trinajstić information content (AvgIpc) is 3.87. The molecule has 0 aliphatic carbocycles. The Morgan fingerprint density at radius 3 is 1.65 bits per heavy atom. The van der Waals surface area contributed by atoms with Gasteiger partial charge in [0.25, 0.3) is 0 Å². The SMILES string of the molecule is c1ccc(-c2ccc(N(c3ccc4oc5c(-c6nc7ccccc7o6)c6ccccc6cc5c4c3)c3ccc4c5ccccc5c5ccccc5c4c3)cc2)cc1. The first-order chi connectivity index (χ1) is 28.2. The first-order valence-electron chi connectivity index (χ1n) is 19.3. The quantitative estimate of drug-likeness (QED) is 0.166. The fourth-order valence-corrected chi connectivity index (χ4v) is 8.81. The van der Waals surface area contributed by atoms with Gasteiger partial charge in [-0.3, -0.25) is 0 Å². The largest absolute Gasteiger partial charge is 0.455 e. The van der Waals surface area contributed by atoms with Gasteiger partial charge in [-0.25, -0.2) is 4.98 Å². The normalized spacial score (nSPS) is 11.9. The van der Waals surface area contributed by atoms with Gasteiger partial charge < -0.3 is 13.7 Å². The molecule has 4 heteroatoms. The second-order valence-corrected chi connectivity index (χ2v) is 14.7. The van der Waals surface area contributed by atoms with Crippen LogP contribution < -0.4 is 4.90 Å². The molecule has 0 bridgehead atoms. The standard InChI is InChI=1S/C53H32N2O2/c1-2-12-33(13-3-1)34-22-24-36(25-23-34)55(37-26-28-44-42-18-7-6-16-40(42)41-17-8-9-19-43(41)45(44)31-37)38-27-29-49-46(32-38)47-30-35-14-4-5-15-39(35)51(52(47)56-49)53-54-48-20-10-11-21-50(48)57-53/h1-32H. The molecule has 0 radical (unpaired) electrons. The summed E-state index contributed by atoms with van der Waals surface area (Å²) in [5.74, 6) is 0.549. The Balaban J connectivity index is 1.10. The summed E-state index contributed by atoms with van der Waals surface area (Å²) in [5, 5.41) is 11.6. The molecule has 4 nitrogen and oxygen atoms in total. The topological polar surface area (TPSA) is 42.4 Å². The third-order valence-electron chi connectivity index (χ3n) is 11.5. The Morgan fingerprint density at radius 2 is 0.912 bits per heavy atom. The third-order valence-corrected chi connectivity index (χ3v) is 11.5. The lowest BCUT2D eigenvalue weighted by molar-refractivity contribution is 0.616. The van der Waals surface area contributed by atoms with Gasteiger partial charge in [0.1, 0.15) is 16.7 Å². The van der Waals surface area contributed by atoms with Crippen molar-refractivity contribution < 1.29 is 8.83 Å². The predicted molar refractivity (Wildman–Crippen MR) is 237 cm³/mol. The van der Waals surface area contributed by atoms with Crippen molar-refractivity contribution in [1.82, 2.24) is 4.98 Å². The summed E-state index contributed by atoms with van der Waals surface area (Å²) in [7, 11) is 0. The van der Waals surface area contributed by atoms with Gasteiger partial charge in [0.15, 0.2) is 5.58 Å². The molecular weight excluding hydrogens is 697 g/mol. The van der Waals surface area contributed by atoms with Crippen LogP contribution in [0.25, 0.3) is 98.7 Å². The number of furan rings is 1. The van der Waals surface area contributed by atoms with Crippen LogP contribution in [0.2, 0.25) is 0 Å². The van der Waals surface area contributed by atoms with Crippen LogP contribution in [-0.4, -0.2) is 4.98 Å². The molecule has 0 aliphatic rings. The maximum atomic E-state index is 6.78. The van der Waals surface area contributed by atoms with E-state index in [2.05, 4.69) is 175 Å². The lowest BCUT2D eigenvalue weighted by Crippen LogP contribution is -2.10. The van der Waals surface area contributed by atoms with Gasteiger partial charge in [-0.1, -0.05) is 133 Å². The van der Waals surface area contributed by atoms with Crippen molar-refractivity contribution in [2.45, 2.75) is 0 Å². The lowest BCUT2D eigenvalue weighted by atomic mass is 9.94. The average molecular weight is 729 g/mol. The van der Waals surface area contributed by atoms with Crippen molar-refractivity contribution in [3.8, 4) is 22.6 Å². The first-order valence-corrected chi connectivity index (χ1v) is 19.3.